The summed E-state index contributed by atoms with van der Waals surface area (Å²) in [4.78, 5) is 25.0. The smallest absolute Gasteiger partial charge is 0.271 e. The molecule has 1 atom stereocenters. The third-order valence-corrected chi connectivity index (χ3v) is 5.86. The van der Waals surface area contributed by atoms with Gasteiger partial charge in [0, 0.05) is 11.8 Å². The van der Waals surface area contributed by atoms with Crippen LogP contribution in [-0.2, 0) is 4.79 Å². The summed E-state index contributed by atoms with van der Waals surface area (Å²) in [5.41, 5.74) is 5.68. The molecule has 0 fully saturated rings. The first kappa shape index (κ1) is 20.9. The van der Waals surface area contributed by atoms with Gasteiger partial charge in [-0.15, -0.1) is 0 Å². The van der Waals surface area contributed by atoms with Crippen molar-refractivity contribution >= 4 is 23.4 Å². The molecule has 0 spiro atoms. The van der Waals surface area contributed by atoms with E-state index in [4.69, 9.17) is 0 Å². The van der Waals surface area contributed by atoms with Gasteiger partial charge in [0.1, 0.15) is 5.03 Å². The van der Waals surface area contributed by atoms with E-state index in [1.807, 2.05) is 71.0 Å². The number of amides is 1. The quantitative estimate of drug-likeness (QED) is 0.629. The molecule has 0 bridgehead atoms. The molecule has 3 rings (SSSR count). The predicted molar refractivity (Wildman–Crippen MR) is 119 cm³/mol. The van der Waals surface area contributed by atoms with Crippen LogP contribution < -0.4 is 10.9 Å². The summed E-state index contributed by atoms with van der Waals surface area (Å²) in [6.45, 7) is 9.82. The Morgan fingerprint density at radius 1 is 0.966 bits per heavy atom. The highest BCUT2D eigenvalue weighted by Crippen LogP contribution is 2.23. The van der Waals surface area contributed by atoms with E-state index in [9.17, 15) is 9.59 Å². The van der Waals surface area contributed by atoms with Crippen molar-refractivity contribution in [3.05, 3.63) is 81.1 Å². The van der Waals surface area contributed by atoms with Crippen LogP contribution in [0.3, 0.4) is 0 Å². The molecule has 150 valence electrons. The lowest BCUT2D eigenvalue weighted by molar-refractivity contribution is -0.115. The Kier molecular flexibility index (Phi) is 6.23. The number of nitrogens with one attached hydrogen (secondary N) is 1. The van der Waals surface area contributed by atoms with Crippen molar-refractivity contribution in [3.8, 4) is 5.69 Å². The summed E-state index contributed by atoms with van der Waals surface area (Å²) in [5, 5.41) is 7.70. The van der Waals surface area contributed by atoms with Gasteiger partial charge in [0.15, 0.2) is 0 Å². The molecule has 0 radical (unpaired) electrons. The van der Waals surface area contributed by atoms with Crippen LogP contribution in [-0.4, -0.2) is 20.9 Å². The minimum Gasteiger partial charge on any atom is -0.325 e. The average Bonchev–Trinajstić information content (AvgIpc) is 2.68. The van der Waals surface area contributed by atoms with Gasteiger partial charge in [-0.2, -0.15) is 9.78 Å². The first-order valence-corrected chi connectivity index (χ1v) is 10.4. The van der Waals surface area contributed by atoms with Crippen molar-refractivity contribution in [2.24, 2.45) is 0 Å². The van der Waals surface area contributed by atoms with Crippen LogP contribution in [0.1, 0.15) is 29.2 Å². The van der Waals surface area contributed by atoms with E-state index in [0.29, 0.717) is 10.7 Å². The molecule has 1 heterocycles. The second-order valence-corrected chi connectivity index (χ2v) is 8.62. The molecule has 29 heavy (non-hydrogen) atoms. The minimum atomic E-state index is -0.367. The summed E-state index contributed by atoms with van der Waals surface area (Å²) >= 11 is 1.32. The van der Waals surface area contributed by atoms with Gasteiger partial charge < -0.3 is 5.32 Å². The van der Waals surface area contributed by atoms with E-state index in [1.165, 1.54) is 22.5 Å². The first-order chi connectivity index (χ1) is 13.7. The lowest BCUT2D eigenvalue weighted by Gasteiger charge is -2.14. The maximum atomic E-state index is 12.7. The Hall–Kier alpha value is -2.86. The number of hydrogen-bond acceptors (Lipinski definition) is 4. The molecular weight excluding hydrogens is 382 g/mol. The molecular formula is C23H25N3O2S. The second-order valence-electron chi connectivity index (χ2n) is 7.26. The molecule has 0 saturated heterocycles. The van der Waals surface area contributed by atoms with Crippen molar-refractivity contribution < 1.29 is 4.79 Å². The Labute approximate surface area is 175 Å². The van der Waals surface area contributed by atoms with Gasteiger partial charge in [-0.05, 0) is 81.1 Å². The number of nitrogens with zero attached hydrogens (tertiary/aromatic N) is 2. The third-order valence-electron chi connectivity index (χ3n) is 4.83. The van der Waals surface area contributed by atoms with Gasteiger partial charge in [0.05, 0.1) is 10.9 Å². The van der Waals surface area contributed by atoms with Crippen LogP contribution in [0.4, 0.5) is 5.69 Å². The molecule has 5 nitrogen and oxygen atoms in total. The Morgan fingerprint density at radius 2 is 1.69 bits per heavy atom. The van der Waals surface area contributed by atoms with Crippen LogP contribution in [0.5, 0.6) is 0 Å². The van der Waals surface area contributed by atoms with Crippen LogP contribution in [0.2, 0.25) is 0 Å². The fraction of sp³-hybridized carbons (Fsp3) is 0.261. The van der Waals surface area contributed by atoms with Crippen LogP contribution in [0, 0.1) is 27.7 Å². The Balaban J connectivity index is 1.79. The van der Waals surface area contributed by atoms with E-state index in [-0.39, 0.29) is 16.7 Å². The van der Waals surface area contributed by atoms with Gasteiger partial charge in [0.25, 0.3) is 5.56 Å². The Morgan fingerprint density at radius 3 is 2.41 bits per heavy atom. The number of aryl methyl sites for hydroxylation is 4. The van der Waals surface area contributed by atoms with E-state index in [1.54, 1.807) is 6.07 Å². The van der Waals surface area contributed by atoms with Crippen molar-refractivity contribution in [2.45, 2.75) is 44.9 Å². The predicted octanol–water partition coefficient (Wildman–Crippen LogP) is 4.59. The van der Waals surface area contributed by atoms with E-state index in [0.717, 1.165) is 27.9 Å². The summed E-state index contributed by atoms with van der Waals surface area (Å²) in [7, 11) is 0. The molecule has 1 N–H and O–H groups in total. The second kappa shape index (κ2) is 8.66. The topological polar surface area (TPSA) is 64.0 Å². The van der Waals surface area contributed by atoms with Crippen LogP contribution >= 0.6 is 11.8 Å². The SMILES string of the molecule is Cc1ccc(C)c(NC(=O)C(C)Sc2ccc(=O)n(-c3ccc(C)c(C)c3)n2)c1. The average molecular weight is 408 g/mol. The molecule has 1 aromatic heterocycles. The van der Waals surface area contributed by atoms with E-state index < -0.39 is 0 Å². The van der Waals surface area contributed by atoms with Crippen molar-refractivity contribution in [2.75, 3.05) is 5.32 Å². The minimum absolute atomic E-state index is 0.102. The maximum Gasteiger partial charge on any atom is 0.271 e. The lowest BCUT2D eigenvalue weighted by atomic mass is 10.1. The number of benzene rings is 2. The zero-order valence-electron chi connectivity index (χ0n) is 17.3. The zero-order chi connectivity index (χ0) is 21.1. The highest BCUT2D eigenvalue weighted by atomic mass is 32.2. The van der Waals surface area contributed by atoms with Gasteiger partial charge in [-0.25, -0.2) is 0 Å². The largest absolute Gasteiger partial charge is 0.325 e. The molecule has 3 aromatic rings. The molecule has 1 amide bonds. The van der Waals surface area contributed by atoms with Gasteiger partial charge in [0.2, 0.25) is 5.91 Å². The number of aromatic nitrogens is 2. The normalized spacial score (nSPS) is 11.9. The molecule has 0 aliphatic heterocycles. The van der Waals surface area contributed by atoms with Crippen molar-refractivity contribution in [1.29, 1.82) is 0 Å². The number of hydrogen-bond donors (Lipinski definition) is 1. The first-order valence-electron chi connectivity index (χ1n) is 9.47. The monoisotopic (exact) mass is 407 g/mol. The summed E-state index contributed by atoms with van der Waals surface area (Å²) in [5.74, 6) is -0.102. The van der Waals surface area contributed by atoms with Gasteiger partial charge >= 0.3 is 0 Å². The fourth-order valence-electron chi connectivity index (χ4n) is 2.84. The fourth-order valence-corrected chi connectivity index (χ4v) is 3.64. The molecule has 0 aliphatic rings. The van der Waals surface area contributed by atoms with Crippen LogP contribution in [0.15, 0.2) is 58.4 Å². The molecule has 0 aliphatic carbocycles. The maximum absolute atomic E-state index is 12.7. The standard InChI is InChI=1S/C23H25N3O2S/c1-14-6-7-16(3)20(12-14)24-23(28)18(5)29-21-10-11-22(27)26(25-21)19-9-8-15(2)17(4)13-19/h6-13,18H,1-5H3,(H,24,28). The lowest BCUT2D eigenvalue weighted by Crippen LogP contribution is -2.24. The summed E-state index contributed by atoms with van der Waals surface area (Å²) in [6, 6.07) is 14.9. The number of carbonyl (C=O) groups is 1. The molecule has 2 aromatic carbocycles. The van der Waals surface area contributed by atoms with E-state index >= 15 is 0 Å². The Bertz CT molecular complexity index is 1120. The summed E-state index contributed by atoms with van der Waals surface area (Å²) < 4.78 is 1.38. The van der Waals surface area contributed by atoms with Gasteiger partial charge in [-0.1, -0.05) is 30.0 Å². The zero-order valence-corrected chi connectivity index (χ0v) is 18.1. The number of rotatable bonds is 5. The molecule has 6 heteroatoms. The number of anilines is 1. The van der Waals surface area contributed by atoms with Gasteiger partial charge in [-0.3, -0.25) is 9.59 Å². The highest BCUT2D eigenvalue weighted by Gasteiger charge is 2.17. The van der Waals surface area contributed by atoms with Crippen LogP contribution in [0.25, 0.3) is 5.69 Å². The molecule has 1 unspecified atom stereocenters. The summed E-state index contributed by atoms with van der Waals surface area (Å²) in [6.07, 6.45) is 0. The highest BCUT2D eigenvalue weighted by molar-refractivity contribution is 8.00. The van der Waals surface area contributed by atoms with Crippen molar-refractivity contribution in [3.63, 3.8) is 0 Å². The number of thioether (sulfide) groups is 1. The third kappa shape index (κ3) is 4.95. The number of carbonyl (C=O) groups excluding carboxylic acids is 1. The van der Waals surface area contributed by atoms with Crippen molar-refractivity contribution in [1.82, 2.24) is 9.78 Å². The van der Waals surface area contributed by atoms with E-state index in [2.05, 4.69) is 10.4 Å². The molecule has 0 saturated carbocycles.